The molecule has 2 aromatic rings. The fourth-order valence-electron chi connectivity index (χ4n) is 3.92. The van der Waals surface area contributed by atoms with E-state index in [0.717, 1.165) is 0 Å². The maximum Gasteiger partial charge on any atom is 0.228 e. The van der Waals surface area contributed by atoms with E-state index in [1.54, 1.807) is 42.5 Å². The van der Waals surface area contributed by atoms with Crippen LogP contribution in [0.2, 0.25) is 10.0 Å². The molecule has 2 aromatic carbocycles. The summed E-state index contributed by atoms with van der Waals surface area (Å²) in [5.74, 6) is 2.20. The number of nitrogens with one attached hydrogen (secondary N) is 1. The molecule has 1 N–H and O–H groups in total. The predicted octanol–water partition coefficient (Wildman–Crippen LogP) is 4.28. The molecule has 162 valence electrons. The Morgan fingerprint density at radius 3 is 2.39 bits per heavy atom. The van der Waals surface area contributed by atoms with Crippen molar-refractivity contribution in [2.45, 2.75) is 47.5 Å². The normalized spacial score (nSPS) is 24.2. The van der Waals surface area contributed by atoms with Gasteiger partial charge < -0.3 is 10.1 Å². The summed E-state index contributed by atoms with van der Waals surface area (Å²) in [6.07, 6.45) is 6.65. The molecule has 1 amide bonds. The summed E-state index contributed by atoms with van der Waals surface area (Å²) in [5, 5.41) is 2.82. The largest absolute Gasteiger partial charge is 0.490 e. The van der Waals surface area contributed by atoms with Crippen LogP contribution in [0.25, 0.3) is 0 Å². The Kier molecular flexibility index (Phi) is 5.95. The van der Waals surface area contributed by atoms with Gasteiger partial charge in [0.05, 0.1) is 21.1 Å². The van der Waals surface area contributed by atoms with Gasteiger partial charge in [-0.3, -0.25) is 4.79 Å². The number of amides is 1. The number of benzene rings is 2. The van der Waals surface area contributed by atoms with Crippen molar-refractivity contribution in [1.82, 2.24) is 5.32 Å². The van der Waals surface area contributed by atoms with Crippen LogP contribution in [0, 0.1) is 18.3 Å². The molecule has 5 nitrogen and oxygen atoms in total. The van der Waals surface area contributed by atoms with E-state index in [1.165, 1.54) is 6.07 Å². The van der Waals surface area contributed by atoms with E-state index < -0.39 is 32.6 Å². The molecule has 0 radical (unpaired) electrons. The third kappa shape index (κ3) is 4.55. The summed E-state index contributed by atoms with van der Waals surface area (Å²) in [6, 6.07) is 13.1. The fraction of sp³-hybridized carbons (Fsp3) is 0.348. The standard InChI is InChI=1S/C23H21Cl2NO4S/c1-2-23(11-12-23)26-22(27)18-13-17(31(28,29)21-6-4-3-5-19(21)25)14-20(18)30-16-9-7-15(24)8-10-16/h1,3-10,17-18,20H,11-14H2,(H,26,27)/t17-,18-,20-/m0/s1. The molecule has 0 unspecified atom stereocenters. The highest BCUT2D eigenvalue weighted by atomic mass is 35.5. The SMILES string of the molecule is C#CC1(NC(=O)[C@H]2C[C@H](S(=O)(=O)c3ccccc3Cl)C[C@@H]2Oc2ccc(Cl)cc2)CC1. The van der Waals surface area contributed by atoms with Crippen molar-refractivity contribution in [2.24, 2.45) is 5.92 Å². The van der Waals surface area contributed by atoms with Gasteiger partial charge in [0.25, 0.3) is 0 Å². The summed E-state index contributed by atoms with van der Waals surface area (Å²) < 4.78 is 32.7. The molecule has 0 spiro atoms. The van der Waals surface area contributed by atoms with Crippen molar-refractivity contribution in [3.8, 4) is 18.1 Å². The number of ether oxygens (including phenoxy) is 1. The van der Waals surface area contributed by atoms with Gasteiger partial charge in [-0.2, -0.15) is 0 Å². The lowest BCUT2D eigenvalue weighted by Gasteiger charge is -2.22. The van der Waals surface area contributed by atoms with Gasteiger partial charge in [0.2, 0.25) is 5.91 Å². The molecule has 3 atom stereocenters. The highest BCUT2D eigenvalue weighted by Crippen LogP contribution is 2.40. The number of carbonyl (C=O) groups is 1. The Morgan fingerprint density at radius 2 is 1.77 bits per heavy atom. The third-order valence-corrected chi connectivity index (χ3v) is 8.79. The van der Waals surface area contributed by atoms with Crippen molar-refractivity contribution in [2.75, 3.05) is 0 Å². The first-order chi connectivity index (χ1) is 14.7. The molecule has 4 rings (SSSR count). The molecular formula is C23H21Cl2NO4S. The monoisotopic (exact) mass is 477 g/mol. The van der Waals surface area contributed by atoms with Gasteiger partial charge >= 0.3 is 0 Å². The van der Waals surface area contributed by atoms with Crippen LogP contribution < -0.4 is 10.1 Å². The molecule has 2 saturated carbocycles. The average molecular weight is 478 g/mol. The smallest absolute Gasteiger partial charge is 0.228 e. The average Bonchev–Trinajstić information content (AvgIpc) is 3.38. The molecule has 0 bridgehead atoms. The lowest BCUT2D eigenvalue weighted by atomic mass is 10.0. The van der Waals surface area contributed by atoms with Crippen LogP contribution >= 0.6 is 23.2 Å². The van der Waals surface area contributed by atoms with E-state index >= 15 is 0 Å². The van der Waals surface area contributed by atoms with Crippen LogP contribution in [-0.2, 0) is 14.6 Å². The number of hydrogen-bond acceptors (Lipinski definition) is 4. The van der Waals surface area contributed by atoms with Gasteiger partial charge in [-0.1, -0.05) is 41.3 Å². The number of sulfone groups is 1. The van der Waals surface area contributed by atoms with Crippen LogP contribution in [0.3, 0.4) is 0 Å². The van der Waals surface area contributed by atoms with Crippen LogP contribution in [0.15, 0.2) is 53.4 Å². The minimum Gasteiger partial charge on any atom is -0.490 e. The molecule has 8 heteroatoms. The number of terminal acetylenes is 1. The Morgan fingerprint density at radius 1 is 1.10 bits per heavy atom. The van der Waals surface area contributed by atoms with Crippen molar-refractivity contribution in [3.05, 3.63) is 58.6 Å². The minimum atomic E-state index is -3.75. The second kappa shape index (κ2) is 8.38. The van der Waals surface area contributed by atoms with E-state index in [9.17, 15) is 13.2 Å². The molecule has 2 aliphatic rings. The lowest BCUT2D eigenvalue weighted by Crippen LogP contribution is -2.43. The van der Waals surface area contributed by atoms with Gasteiger partial charge in [-0.05, 0) is 55.7 Å². The summed E-state index contributed by atoms with van der Waals surface area (Å²) in [4.78, 5) is 13.1. The highest BCUT2D eigenvalue weighted by molar-refractivity contribution is 7.92. The zero-order valence-electron chi connectivity index (χ0n) is 16.6. The van der Waals surface area contributed by atoms with E-state index in [0.29, 0.717) is 23.6 Å². The number of halogens is 2. The lowest BCUT2D eigenvalue weighted by molar-refractivity contribution is -0.127. The summed E-state index contributed by atoms with van der Waals surface area (Å²) in [7, 11) is -3.75. The summed E-state index contributed by atoms with van der Waals surface area (Å²) in [5.41, 5.74) is -0.623. The van der Waals surface area contributed by atoms with Gasteiger partial charge in [-0.15, -0.1) is 6.42 Å². The second-order valence-corrected chi connectivity index (χ2v) is 11.0. The first kappa shape index (κ1) is 22.0. The Balaban J connectivity index is 1.61. The second-order valence-electron chi connectivity index (χ2n) is 8.00. The Labute approximate surface area is 192 Å². The predicted molar refractivity (Wildman–Crippen MR) is 120 cm³/mol. The van der Waals surface area contributed by atoms with Crippen LogP contribution in [0.1, 0.15) is 25.7 Å². The van der Waals surface area contributed by atoms with E-state index in [4.69, 9.17) is 34.4 Å². The zero-order valence-corrected chi connectivity index (χ0v) is 18.9. The quantitative estimate of drug-likeness (QED) is 0.630. The van der Waals surface area contributed by atoms with Gasteiger partial charge in [0.15, 0.2) is 9.84 Å². The van der Waals surface area contributed by atoms with Crippen molar-refractivity contribution in [3.63, 3.8) is 0 Å². The van der Waals surface area contributed by atoms with Crippen LogP contribution in [0.5, 0.6) is 5.75 Å². The molecule has 2 aliphatic carbocycles. The third-order valence-electron chi connectivity index (χ3n) is 5.87. The molecule has 0 aromatic heterocycles. The fourth-order valence-corrected chi connectivity index (χ4v) is 6.37. The van der Waals surface area contributed by atoms with Gasteiger partial charge in [-0.25, -0.2) is 8.42 Å². The molecule has 2 fully saturated rings. The first-order valence-electron chi connectivity index (χ1n) is 9.94. The highest BCUT2D eigenvalue weighted by Gasteiger charge is 2.50. The van der Waals surface area contributed by atoms with E-state index in [-0.39, 0.29) is 28.7 Å². The molecule has 0 heterocycles. The molecule has 0 saturated heterocycles. The number of rotatable bonds is 6. The van der Waals surface area contributed by atoms with Crippen molar-refractivity contribution in [1.29, 1.82) is 0 Å². The molecule has 0 aliphatic heterocycles. The maximum absolute atomic E-state index is 13.3. The zero-order chi connectivity index (χ0) is 22.2. The summed E-state index contributed by atoms with van der Waals surface area (Å²) >= 11 is 12.1. The Hall–Kier alpha value is -2.20. The first-order valence-corrected chi connectivity index (χ1v) is 12.2. The van der Waals surface area contributed by atoms with E-state index in [1.807, 2.05) is 0 Å². The van der Waals surface area contributed by atoms with Crippen molar-refractivity contribution >= 4 is 38.9 Å². The maximum atomic E-state index is 13.3. The van der Waals surface area contributed by atoms with Crippen LogP contribution in [-0.4, -0.2) is 31.2 Å². The molecule has 31 heavy (non-hydrogen) atoms. The minimum absolute atomic E-state index is 0.0651. The van der Waals surface area contributed by atoms with Crippen LogP contribution in [0.4, 0.5) is 0 Å². The van der Waals surface area contributed by atoms with Gasteiger partial charge in [0.1, 0.15) is 17.4 Å². The Bertz CT molecular complexity index is 1140. The van der Waals surface area contributed by atoms with E-state index in [2.05, 4.69) is 11.2 Å². The molecular weight excluding hydrogens is 457 g/mol. The van der Waals surface area contributed by atoms with Gasteiger partial charge in [0, 0.05) is 11.4 Å². The topological polar surface area (TPSA) is 72.5 Å². The number of carbonyl (C=O) groups excluding carboxylic acids is 1. The summed E-state index contributed by atoms with van der Waals surface area (Å²) in [6.45, 7) is 0. The number of hydrogen-bond donors (Lipinski definition) is 1. The van der Waals surface area contributed by atoms with Crippen molar-refractivity contribution < 1.29 is 17.9 Å².